The number of hydrogen-bond acceptors (Lipinski definition) is 3. The summed E-state index contributed by atoms with van der Waals surface area (Å²) in [5.74, 6) is 0.515. The number of nitrogens with zero attached hydrogens (tertiary/aromatic N) is 2. The predicted octanol–water partition coefficient (Wildman–Crippen LogP) is 1.95. The molecule has 0 radical (unpaired) electrons. The first-order valence-electron chi connectivity index (χ1n) is 5.59. The molecule has 5 heteroatoms. The number of ether oxygens (including phenoxy) is 1. The Hall–Kier alpha value is -0.940. The Morgan fingerprint density at radius 2 is 2.47 bits per heavy atom. The molecule has 0 aliphatic carbocycles. The molecule has 1 saturated heterocycles. The van der Waals surface area contributed by atoms with Crippen LogP contribution >= 0.6 is 15.9 Å². The molecule has 0 bridgehead atoms. The maximum Gasteiger partial charge on any atom is 0.255 e. The van der Waals surface area contributed by atoms with Crippen molar-refractivity contribution < 1.29 is 9.53 Å². The van der Waals surface area contributed by atoms with Gasteiger partial charge in [0.1, 0.15) is 0 Å². The predicted molar refractivity (Wildman–Crippen MR) is 67.8 cm³/mol. The number of halogens is 1. The zero-order valence-corrected chi connectivity index (χ0v) is 11.3. The minimum Gasteiger partial charge on any atom is -0.384 e. The van der Waals surface area contributed by atoms with Crippen LogP contribution in [0, 0.1) is 5.92 Å². The summed E-state index contributed by atoms with van der Waals surface area (Å²) in [7, 11) is 1.70. The van der Waals surface area contributed by atoms with E-state index < -0.39 is 0 Å². The molecular weight excluding hydrogens is 284 g/mol. The van der Waals surface area contributed by atoms with E-state index in [1.54, 1.807) is 25.6 Å². The van der Waals surface area contributed by atoms with Gasteiger partial charge in [0.15, 0.2) is 0 Å². The van der Waals surface area contributed by atoms with Gasteiger partial charge in [-0.15, -0.1) is 0 Å². The van der Waals surface area contributed by atoms with Crippen LogP contribution in [0.5, 0.6) is 0 Å². The minimum atomic E-state index is 0.0532. The Bertz CT molecular complexity index is 411. The highest BCUT2D eigenvalue weighted by molar-refractivity contribution is 9.10. The molecule has 17 heavy (non-hydrogen) atoms. The van der Waals surface area contributed by atoms with Crippen LogP contribution < -0.4 is 0 Å². The highest BCUT2D eigenvalue weighted by Crippen LogP contribution is 2.19. The molecule has 1 fully saturated rings. The summed E-state index contributed by atoms with van der Waals surface area (Å²) >= 11 is 3.32. The maximum absolute atomic E-state index is 12.2. The third-order valence-corrected chi connectivity index (χ3v) is 3.36. The van der Waals surface area contributed by atoms with Crippen molar-refractivity contribution >= 4 is 21.8 Å². The first-order valence-corrected chi connectivity index (χ1v) is 6.38. The summed E-state index contributed by atoms with van der Waals surface area (Å²) in [6, 6.07) is 1.80. The fourth-order valence-electron chi connectivity index (χ4n) is 2.10. The van der Waals surface area contributed by atoms with E-state index in [-0.39, 0.29) is 5.91 Å². The van der Waals surface area contributed by atoms with Gasteiger partial charge in [0, 0.05) is 43.0 Å². The molecule has 0 spiro atoms. The molecule has 1 aliphatic rings. The molecule has 0 N–H and O–H groups in total. The molecule has 0 saturated carbocycles. The lowest BCUT2D eigenvalue weighted by Gasteiger charge is -2.16. The van der Waals surface area contributed by atoms with Gasteiger partial charge in [0.2, 0.25) is 0 Å². The van der Waals surface area contributed by atoms with Crippen LogP contribution in [0.15, 0.2) is 22.9 Å². The van der Waals surface area contributed by atoms with Crippen molar-refractivity contribution in [2.75, 3.05) is 26.8 Å². The van der Waals surface area contributed by atoms with Crippen LogP contribution in [0.3, 0.4) is 0 Å². The second-order valence-corrected chi connectivity index (χ2v) is 5.17. The van der Waals surface area contributed by atoms with E-state index in [9.17, 15) is 4.79 Å². The number of carbonyl (C=O) groups excluding carboxylic acids is 1. The van der Waals surface area contributed by atoms with Crippen LogP contribution in [-0.4, -0.2) is 42.6 Å². The Kier molecular flexibility index (Phi) is 4.12. The summed E-state index contributed by atoms with van der Waals surface area (Å²) in [4.78, 5) is 18.1. The number of aromatic nitrogens is 1. The van der Waals surface area contributed by atoms with E-state index >= 15 is 0 Å². The van der Waals surface area contributed by atoms with Gasteiger partial charge in [-0.25, -0.2) is 0 Å². The van der Waals surface area contributed by atoms with Gasteiger partial charge >= 0.3 is 0 Å². The molecule has 2 heterocycles. The van der Waals surface area contributed by atoms with Crippen molar-refractivity contribution in [2.45, 2.75) is 6.42 Å². The molecule has 1 aromatic heterocycles. The van der Waals surface area contributed by atoms with Crippen molar-refractivity contribution in [3.8, 4) is 0 Å². The van der Waals surface area contributed by atoms with Crippen LogP contribution in [0.4, 0.5) is 0 Å². The van der Waals surface area contributed by atoms with Crippen molar-refractivity contribution in [1.82, 2.24) is 9.88 Å². The number of amides is 1. The zero-order chi connectivity index (χ0) is 12.3. The van der Waals surface area contributed by atoms with Crippen LogP contribution in [-0.2, 0) is 4.74 Å². The Morgan fingerprint density at radius 3 is 3.18 bits per heavy atom. The van der Waals surface area contributed by atoms with Gasteiger partial charge < -0.3 is 9.64 Å². The van der Waals surface area contributed by atoms with E-state index in [0.29, 0.717) is 11.5 Å². The first kappa shape index (κ1) is 12.5. The Morgan fingerprint density at radius 1 is 1.65 bits per heavy atom. The first-order chi connectivity index (χ1) is 8.20. The monoisotopic (exact) mass is 298 g/mol. The topological polar surface area (TPSA) is 42.4 Å². The highest BCUT2D eigenvalue weighted by Gasteiger charge is 2.26. The van der Waals surface area contributed by atoms with Crippen molar-refractivity contribution in [1.29, 1.82) is 0 Å². The van der Waals surface area contributed by atoms with Crippen LogP contribution in [0.25, 0.3) is 0 Å². The van der Waals surface area contributed by atoms with E-state index in [1.165, 1.54) is 0 Å². The van der Waals surface area contributed by atoms with Gasteiger partial charge in [0.05, 0.1) is 12.2 Å². The summed E-state index contributed by atoms with van der Waals surface area (Å²) in [6.07, 6.45) is 4.30. The average molecular weight is 299 g/mol. The fourth-order valence-corrected chi connectivity index (χ4v) is 2.47. The minimum absolute atomic E-state index is 0.0532. The Balaban J connectivity index is 2.02. The molecule has 1 aliphatic heterocycles. The number of methoxy groups -OCH3 is 1. The normalized spacial score (nSPS) is 19.6. The van der Waals surface area contributed by atoms with Gasteiger partial charge in [-0.1, -0.05) is 0 Å². The molecule has 2 rings (SSSR count). The standard InChI is InChI=1S/C12H15BrN2O2/c1-17-8-9-2-3-15(7-9)12(16)10-4-11(13)6-14-5-10/h4-6,9H,2-3,7-8H2,1H3. The van der Waals surface area contributed by atoms with E-state index in [1.807, 2.05) is 4.90 Å². The molecule has 1 unspecified atom stereocenters. The van der Waals surface area contributed by atoms with Gasteiger partial charge in [-0.3, -0.25) is 9.78 Å². The quantitative estimate of drug-likeness (QED) is 0.857. The molecule has 92 valence electrons. The molecule has 4 nitrogen and oxygen atoms in total. The van der Waals surface area contributed by atoms with Crippen molar-refractivity contribution in [3.63, 3.8) is 0 Å². The number of carbonyl (C=O) groups is 1. The number of rotatable bonds is 3. The lowest BCUT2D eigenvalue weighted by atomic mass is 10.1. The summed E-state index contributed by atoms with van der Waals surface area (Å²) < 4.78 is 5.95. The van der Waals surface area contributed by atoms with E-state index in [4.69, 9.17) is 4.74 Å². The zero-order valence-electron chi connectivity index (χ0n) is 9.73. The molecule has 0 aromatic carbocycles. The van der Waals surface area contributed by atoms with Crippen LogP contribution in [0.1, 0.15) is 16.8 Å². The Labute approximate surface area is 109 Å². The summed E-state index contributed by atoms with van der Waals surface area (Å²) in [5, 5.41) is 0. The van der Waals surface area contributed by atoms with E-state index in [2.05, 4.69) is 20.9 Å². The largest absolute Gasteiger partial charge is 0.384 e. The summed E-state index contributed by atoms with van der Waals surface area (Å²) in [5.41, 5.74) is 0.637. The third kappa shape index (κ3) is 3.04. The fraction of sp³-hybridized carbons (Fsp3) is 0.500. The SMILES string of the molecule is COCC1CCN(C(=O)c2cncc(Br)c2)C1. The van der Waals surface area contributed by atoms with Gasteiger partial charge in [-0.05, 0) is 28.4 Å². The average Bonchev–Trinajstić information content (AvgIpc) is 2.77. The van der Waals surface area contributed by atoms with Gasteiger partial charge in [0.25, 0.3) is 5.91 Å². The highest BCUT2D eigenvalue weighted by atomic mass is 79.9. The smallest absolute Gasteiger partial charge is 0.255 e. The molecule has 1 aromatic rings. The third-order valence-electron chi connectivity index (χ3n) is 2.93. The number of pyridine rings is 1. The second kappa shape index (κ2) is 5.60. The molecular formula is C12H15BrN2O2. The van der Waals surface area contributed by atoms with Crippen molar-refractivity contribution in [3.05, 3.63) is 28.5 Å². The van der Waals surface area contributed by atoms with Crippen molar-refractivity contribution in [2.24, 2.45) is 5.92 Å². The van der Waals surface area contributed by atoms with Gasteiger partial charge in [-0.2, -0.15) is 0 Å². The number of hydrogen-bond donors (Lipinski definition) is 0. The van der Waals surface area contributed by atoms with Crippen LogP contribution in [0.2, 0.25) is 0 Å². The molecule has 1 atom stereocenters. The second-order valence-electron chi connectivity index (χ2n) is 4.25. The molecule has 1 amide bonds. The lowest BCUT2D eigenvalue weighted by molar-refractivity contribution is 0.0775. The maximum atomic E-state index is 12.2. The lowest BCUT2D eigenvalue weighted by Crippen LogP contribution is -2.29. The number of likely N-dealkylation sites (tertiary alicyclic amines) is 1. The van der Waals surface area contributed by atoms with E-state index in [0.717, 1.165) is 30.6 Å². The summed E-state index contributed by atoms with van der Waals surface area (Å²) in [6.45, 7) is 2.30.